The molecule has 1 aromatic heterocycles. The Kier molecular flexibility index (Phi) is 5.36. The maximum atomic E-state index is 13.7. The van der Waals surface area contributed by atoms with Gasteiger partial charge in [0.2, 0.25) is 0 Å². The van der Waals surface area contributed by atoms with Gasteiger partial charge in [-0.1, -0.05) is 18.2 Å². The van der Waals surface area contributed by atoms with Crippen LogP contribution in [0.15, 0.2) is 47.8 Å². The van der Waals surface area contributed by atoms with Crippen molar-refractivity contribution >= 4 is 22.4 Å². The first-order chi connectivity index (χ1) is 13.6. The number of nitrogens with one attached hydrogen (secondary N) is 1. The molecule has 2 heterocycles. The van der Waals surface area contributed by atoms with E-state index in [1.54, 1.807) is 19.2 Å². The van der Waals surface area contributed by atoms with Gasteiger partial charge in [0.25, 0.3) is 5.91 Å². The molecule has 0 saturated carbocycles. The molecule has 0 saturated heterocycles. The number of amides is 1. The average Bonchev–Trinajstić information content (AvgIpc) is 3.14. The Bertz CT molecular complexity index is 1000. The summed E-state index contributed by atoms with van der Waals surface area (Å²) in [7, 11) is 1.68. The highest BCUT2D eigenvalue weighted by molar-refractivity contribution is 7.13. The topological polar surface area (TPSA) is 54.5 Å². The molecule has 0 bridgehead atoms. The van der Waals surface area contributed by atoms with E-state index in [-0.39, 0.29) is 5.56 Å². The molecule has 0 aliphatic carbocycles. The third-order valence-electron chi connectivity index (χ3n) is 4.78. The molecule has 28 heavy (non-hydrogen) atoms. The third-order valence-corrected chi connectivity index (χ3v) is 5.59. The van der Waals surface area contributed by atoms with Gasteiger partial charge in [0, 0.05) is 25.0 Å². The normalized spacial score (nSPS) is 13.8. The number of thiazole rings is 1. The Labute approximate surface area is 166 Å². The molecule has 5 nitrogen and oxygen atoms in total. The lowest BCUT2D eigenvalue weighted by Crippen LogP contribution is -2.30. The molecule has 0 fully saturated rings. The molecule has 0 atom stereocenters. The number of aromatic nitrogens is 1. The second-order valence-electron chi connectivity index (χ2n) is 6.67. The van der Waals surface area contributed by atoms with E-state index in [0.29, 0.717) is 11.7 Å². The van der Waals surface area contributed by atoms with Crippen LogP contribution in [0.4, 0.5) is 9.52 Å². The van der Waals surface area contributed by atoms with Crippen molar-refractivity contribution < 1.29 is 13.9 Å². The molecule has 1 aliphatic rings. The fourth-order valence-corrected chi connectivity index (χ4v) is 4.02. The van der Waals surface area contributed by atoms with E-state index in [4.69, 9.17) is 4.74 Å². The number of carbonyl (C=O) groups excluding carboxylic acids is 1. The molecule has 0 radical (unpaired) electrons. The Morgan fingerprint density at radius 2 is 2.14 bits per heavy atom. The summed E-state index contributed by atoms with van der Waals surface area (Å²) >= 11 is 1.35. The summed E-state index contributed by atoms with van der Waals surface area (Å²) < 4.78 is 19.0. The highest BCUT2D eigenvalue weighted by atomic mass is 32.1. The van der Waals surface area contributed by atoms with Gasteiger partial charge in [0.05, 0.1) is 18.4 Å². The maximum absolute atomic E-state index is 13.7. The number of benzene rings is 2. The monoisotopic (exact) mass is 397 g/mol. The molecule has 1 amide bonds. The predicted molar refractivity (Wildman–Crippen MR) is 107 cm³/mol. The standard InChI is InChI=1S/C21H20FN3O2S/c1-27-17-7-6-15-11-25(9-8-14(15)10-17)12-16-13-28-21(23-16)24-20(26)18-4-2-3-5-19(18)22/h2-7,10,13H,8-9,11-12H2,1H3,(H,23,24,26). The van der Waals surface area contributed by atoms with Crippen LogP contribution in [-0.4, -0.2) is 29.4 Å². The van der Waals surface area contributed by atoms with Crippen molar-refractivity contribution in [1.29, 1.82) is 0 Å². The third kappa shape index (κ3) is 4.05. The molecule has 0 spiro atoms. The lowest BCUT2D eigenvalue weighted by Gasteiger charge is -2.28. The van der Waals surface area contributed by atoms with Crippen molar-refractivity contribution in [2.75, 3.05) is 19.0 Å². The minimum atomic E-state index is -0.541. The number of rotatable bonds is 5. The summed E-state index contributed by atoms with van der Waals surface area (Å²) in [6, 6.07) is 12.1. The van der Waals surface area contributed by atoms with Crippen molar-refractivity contribution in [3.05, 3.63) is 76.0 Å². The minimum absolute atomic E-state index is 0.0160. The van der Waals surface area contributed by atoms with Crippen molar-refractivity contribution in [2.45, 2.75) is 19.5 Å². The summed E-state index contributed by atoms with van der Waals surface area (Å²) in [6.07, 6.45) is 0.966. The molecular formula is C21H20FN3O2S. The lowest BCUT2D eigenvalue weighted by atomic mass is 9.99. The summed E-state index contributed by atoms with van der Waals surface area (Å²) in [6.45, 7) is 2.50. The van der Waals surface area contributed by atoms with Crippen molar-refractivity contribution in [2.24, 2.45) is 0 Å². The van der Waals surface area contributed by atoms with Crippen molar-refractivity contribution in [3.63, 3.8) is 0 Å². The van der Waals surface area contributed by atoms with Gasteiger partial charge >= 0.3 is 0 Å². The summed E-state index contributed by atoms with van der Waals surface area (Å²) in [5, 5.41) is 5.09. The van der Waals surface area contributed by atoms with E-state index in [2.05, 4.69) is 27.3 Å². The average molecular weight is 397 g/mol. The first-order valence-corrected chi connectivity index (χ1v) is 9.89. The van der Waals surface area contributed by atoms with Gasteiger partial charge in [-0.3, -0.25) is 15.0 Å². The van der Waals surface area contributed by atoms with E-state index >= 15 is 0 Å². The maximum Gasteiger partial charge on any atom is 0.260 e. The number of halogens is 1. The predicted octanol–water partition coefficient (Wildman–Crippen LogP) is 4.10. The van der Waals surface area contributed by atoms with Gasteiger partial charge in [-0.25, -0.2) is 9.37 Å². The number of carbonyl (C=O) groups is 1. The van der Waals surface area contributed by atoms with Crippen LogP contribution in [0.1, 0.15) is 27.2 Å². The van der Waals surface area contributed by atoms with Crippen LogP contribution in [-0.2, 0) is 19.5 Å². The number of anilines is 1. The van der Waals surface area contributed by atoms with Crippen LogP contribution < -0.4 is 10.1 Å². The van der Waals surface area contributed by atoms with E-state index in [1.807, 2.05) is 11.4 Å². The largest absolute Gasteiger partial charge is 0.497 e. The Morgan fingerprint density at radius 1 is 1.29 bits per heavy atom. The zero-order valence-electron chi connectivity index (χ0n) is 15.4. The van der Waals surface area contributed by atoms with Gasteiger partial charge in [-0.05, 0) is 41.8 Å². The van der Waals surface area contributed by atoms with E-state index in [0.717, 1.165) is 31.0 Å². The van der Waals surface area contributed by atoms with E-state index in [9.17, 15) is 9.18 Å². The molecular weight excluding hydrogens is 377 g/mol. The minimum Gasteiger partial charge on any atom is -0.497 e. The van der Waals surface area contributed by atoms with E-state index in [1.165, 1.54) is 34.6 Å². The van der Waals surface area contributed by atoms with Crippen LogP contribution in [0.2, 0.25) is 0 Å². The fourth-order valence-electron chi connectivity index (χ4n) is 3.33. The van der Waals surface area contributed by atoms with E-state index < -0.39 is 11.7 Å². The molecule has 1 N–H and O–H groups in total. The van der Waals surface area contributed by atoms with Gasteiger partial charge in [0.1, 0.15) is 11.6 Å². The van der Waals surface area contributed by atoms with Crippen molar-refractivity contribution in [3.8, 4) is 5.75 Å². The molecule has 4 rings (SSSR count). The fraction of sp³-hybridized carbons (Fsp3) is 0.238. The number of hydrogen-bond acceptors (Lipinski definition) is 5. The molecule has 1 aliphatic heterocycles. The summed E-state index contributed by atoms with van der Waals surface area (Å²) in [5.74, 6) is -0.137. The van der Waals surface area contributed by atoms with Gasteiger partial charge in [-0.2, -0.15) is 0 Å². The Morgan fingerprint density at radius 3 is 2.96 bits per heavy atom. The SMILES string of the molecule is COc1ccc2c(c1)CCN(Cc1csc(NC(=O)c3ccccc3F)n1)C2. The zero-order valence-corrected chi connectivity index (χ0v) is 16.3. The second kappa shape index (κ2) is 8.08. The molecule has 2 aromatic carbocycles. The van der Waals surface area contributed by atoms with Crippen LogP contribution in [0, 0.1) is 5.82 Å². The first kappa shape index (κ1) is 18.6. The molecule has 7 heteroatoms. The van der Waals surface area contributed by atoms with Crippen LogP contribution >= 0.6 is 11.3 Å². The molecule has 0 unspecified atom stereocenters. The number of methoxy groups -OCH3 is 1. The van der Waals surface area contributed by atoms with Gasteiger partial charge in [0.15, 0.2) is 5.13 Å². The van der Waals surface area contributed by atoms with Gasteiger partial charge in [-0.15, -0.1) is 11.3 Å². The second-order valence-corrected chi connectivity index (χ2v) is 7.53. The Hall–Kier alpha value is -2.77. The number of nitrogens with zero attached hydrogens (tertiary/aromatic N) is 2. The summed E-state index contributed by atoms with van der Waals surface area (Å²) in [4.78, 5) is 19.0. The quantitative estimate of drug-likeness (QED) is 0.704. The van der Waals surface area contributed by atoms with Crippen LogP contribution in [0.3, 0.4) is 0 Å². The van der Waals surface area contributed by atoms with Crippen LogP contribution in [0.5, 0.6) is 5.75 Å². The number of ether oxygens (including phenoxy) is 1. The smallest absolute Gasteiger partial charge is 0.260 e. The zero-order chi connectivity index (χ0) is 19.5. The molecule has 144 valence electrons. The number of fused-ring (bicyclic) bond motifs is 1. The lowest BCUT2D eigenvalue weighted by molar-refractivity contribution is 0.102. The van der Waals surface area contributed by atoms with Crippen LogP contribution in [0.25, 0.3) is 0 Å². The Balaban J connectivity index is 1.38. The van der Waals surface area contributed by atoms with Crippen molar-refractivity contribution in [1.82, 2.24) is 9.88 Å². The molecule has 3 aromatic rings. The summed E-state index contributed by atoms with van der Waals surface area (Å²) in [5.41, 5.74) is 3.54. The highest BCUT2D eigenvalue weighted by Crippen LogP contribution is 2.25. The van der Waals surface area contributed by atoms with Gasteiger partial charge < -0.3 is 4.74 Å². The highest BCUT2D eigenvalue weighted by Gasteiger charge is 2.18. The number of hydrogen-bond donors (Lipinski definition) is 1. The first-order valence-electron chi connectivity index (χ1n) is 9.01.